The number of carbonyl (C=O) groups is 1. The molecule has 0 spiro atoms. The molecule has 1 rings (SSSR count). The Labute approximate surface area is 93.3 Å². The summed E-state index contributed by atoms with van der Waals surface area (Å²) in [4.78, 5) is 14.2. The first-order chi connectivity index (χ1) is 7.87. The maximum atomic E-state index is 13.0. The molecule has 2 N–H and O–H groups in total. The number of hydrogen-bond donors (Lipinski definition) is 2. The van der Waals surface area contributed by atoms with Crippen molar-refractivity contribution in [1.82, 2.24) is 10.3 Å². The SMILES string of the molecule is O=C(NCC(F)(F)CO)c1ccnc(F)c1F. The smallest absolute Gasteiger partial charge is 0.287 e. The molecule has 17 heavy (non-hydrogen) atoms. The van der Waals surface area contributed by atoms with Crippen molar-refractivity contribution >= 4 is 5.91 Å². The number of hydrogen-bond acceptors (Lipinski definition) is 3. The molecule has 0 fully saturated rings. The normalized spacial score (nSPS) is 11.4. The Morgan fingerprint density at radius 2 is 2.12 bits per heavy atom. The van der Waals surface area contributed by atoms with E-state index >= 15 is 0 Å². The summed E-state index contributed by atoms with van der Waals surface area (Å²) < 4.78 is 50.8. The highest BCUT2D eigenvalue weighted by molar-refractivity contribution is 5.94. The number of aliphatic hydroxyl groups excluding tert-OH is 1. The average molecular weight is 252 g/mol. The van der Waals surface area contributed by atoms with Crippen LogP contribution in [0.2, 0.25) is 0 Å². The highest BCUT2D eigenvalue weighted by Crippen LogP contribution is 2.12. The number of halogens is 4. The van der Waals surface area contributed by atoms with Crippen molar-refractivity contribution in [2.75, 3.05) is 13.2 Å². The Kier molecular flexibility index (Phi) is 4.00. The molecule has 1 amide bonds. The minimum absolute atomic E-state index is 0.730. The molecule has 0 aliphatic heterocycles. The van der Waals surface area contributed by atoms with Crippen LogP contribution >= 0.6 is 0 Å². The van der Waals surface area contributed by atoms with Gasteiger partial charge in [-0.3, -0.25) is 4.79 Å². The van der Waals surface area contributed by atoms with Gasteiger partial charge in [0.05, 0.1) is 12.1 Å². The quantitative estimate of drug-likeness (QED) is 0.613. The lowest BCUT2D eigenvalue weighted by atomic mass is 10.2. The maximum Gasteiger partial charge on any atom is 0.287 e. The van der Waals surface area contributed by atoms with Crippen molar-refractivity contribution < 1.29 is 27.5 Å². The van der Waals surface area contributed by atoms with Crippen LogP contribution in [0.5, 0.6) is 0 Å². The second-order valence-corrected chi connectivity index (χ2v) is 3.16. The van der Waals surface area contributed by atoms with Crippen LogP contribution in [0.15, 0.2) is 12.3 Å². The van der Waals surface area contributed by atoms with Gasteiger partial charge < -0.3 is 10.4 Å². The summed E-state index contributed by atoms with van der Waals surface area (Å²) >= 11 is 0. The molecule has 0 saturated heterocycles. The van der Waals surface area contributed by atoms with E-state index in [4.69, 9.17) is 5.11 Å². The molecule has 0 aliphatic rings. The van der Waals surface area contributed by atoms with Gasteiger partial charge in [0.1, 0.15) is 6.61 Å². The van der Waals surface area contributed by atoms with E-state index < -0.39 is 42.3 Å². The van der Waals surface area contributed by atoms with Gasteiger partial charge in [0.15, 0.2) is 5.82 Å². The first-order valence-corrected chi connectivity index (χ1v) is 4.44. The Morgan fingerprint density at radius 3 is 2.71 bits per heavy atom. The van der Waals surface area contributed by atoms with Crippen LogP contribution < -0.4 is 5.32 Å². The lowest BCUT2D eigenvalue weighted by Gasteiger charge is -2.13. The van der Waals surface area contributed by atoms with Gasteiger partial charge in [0.25, 0.3) is 11.8 Å². The molecule has 0 saturated carbocycles. The molecule has 0 radical (unpaired) electrons. The third-order valence-electron chi connectivity index (χ3n) is 1.83. The minimum atomic E-state index is -3.52. The topological polar surface area (TPSA) is 62.2 Å². The molecule has 1 aromatic heterocycles. The lowest BCUT2D eigenvalue weighted by Crippen LogP contribution is -2.39. The molecular weight excluding hydrogens is 244 g/mol. The minimum Gasteiger partial charge on any atom is -0.390 e. The van der Waals surface area contributed by atoms with E-state index in [-0.39, 0.29) is 0 Å². The van der Waals surface area contributed by atoms with Crippen molar-refractivity contribution in [2.24, 2.45) is 0 Å². The molecule has 94 valence electrons. The molecule has 0 aliphatic carbocycles. The Bertz CT molecular complexity index is 425. The fraction of sp³-hybridized carbons (Fsp3) is 0.333. The van der Waals surface area contributed by atoms with E-state index in [1.165, 1.54) is 0 Å². The molecule has 1 heterocycles. The fourth-order valence-electron chi connectivity index (χ4n) is 0.954. The van der Waals surface area contributed by atoms with E-state index in [2.05, 4.69) is 4.98 Å². The zero-order valence-corrected chi connectivity index (χ0v) is 8.38. The molecule has 0 bridgehead atoms. The Hall–Kier alpha value is -1.70. The van der Waals surface area contributed by atoms with E-state index in [1.54, 1.807) is 5.32 Å². The summed E-state index contributed by atoms with van der Waals surface area (Å²) in [5.41, 5.74) is -0.730. The predicted molar refractivity (Wildman–Crippen MR) is 48.5 cm³/mol. The largest absolute Gasteiger partial charge is 0.390 e. The number of nitrogens with zero attached hydrogens (tertiary/aromatic N) is 1. The van der Waals surface area contributed by atoms with Gasteiger partial charge in [-0.15, -0.1) is 0 Å². The van der Waals surface area contributed by atoms with Gasteiger partial charge in [-0.05, 0) is 6.07 Å². The van der Waals surface area contributed by atoms with Gasteiger partial charge in [0, 0.05) is 6.20 Å². The van der Waals surface area contributed by atoms with E-state index in [1.807, 2.05) is 0 Å². The monoisotopic (exact) mass is 252 g/mol. The summed E-state index contributed by atoms with van der Waals surface area (Å²) in [5.74, 6) is -7.74. The second kappa shape index (κ2) is 5.09. The first kappa shape index (κ1) is 13.4. The molecule has 8 heteroatoms. The second-order valence-electron chi connectivity index (χ2n) is 3.16. The number of rotatable bonds is 4. The highest BCUT2D eigenvalue weighted by atomic mass is 19.3. The third kappa shape index (κ3) is 3.38. The van der Waals surface area contributed by atoms with Crippen LogP contribution in [0.4, 0.5) is 17.6 Å². The summed E-state index contributed by atoms with van der Waals surface area (Å²) in [6.45, 7) is -2.63. The number of pyridine rings is 1. The van der Waals surface area contributed by atoms with Crippen LogP contribution in [0, 0.1) is 11.8 Å². The molecule has 0 unspecified atom stereocenters. The van der Waals surface area contributed by atoms with Crippen molar-refractivity contribution in [3.63, 3.8) is 0 Å². The van der Waals surface area contributed by atoms with Gasteiger partial charge in [-0.25, -0.2) is 18.2 Å². The van der Waals surface area contributed by atoms with Crippen LogP contribution in [-0.4, -0.2) is 35.1 Å². The molecular formula is C9H8F4N2O2. The van der Waals surface area contributed by atoms with Gasteiger partial charge in [-0.1, -0.05) is 0 Å². The summed E-state index contributed by atoms with van der Waals surface area (Å²) in [6.07, 6.45) is 0.831. The number of alkyl halides is 2. The number of aliphatic hydroxyl groups is 1. The first-order valence-electron chi connectivity index (χ1n) is 4.44. The van der Waals surface area contributed by atoms with E-state index in [9.17, 15) is 22.4 Å². The van der Waals surface area contributed by atoms with Crippen LogP contribution in [0.1, 0.15) is 10.4 Å². The zero-order valence-electron chi connectivity index (χ0n) is 8.38. The lowest BCUT2D eigenvalue weighted by molar-refractivity contribution is -0.0462. The molecule has 0 atom stereocenters. The fourth-order valence-corrected chi connectivity index (χ4v) is 0.954. The van der Waals surface area contributed by atoms with E-state index in [0.29, 0.717) is 0 Å². The number of aromatic nitrogens is 1. The van der Waals surface area contributed by atoms with Crippen molar-refractivity contribution in [2.45, 2.75) is 5.92 Å². The van der Waals surface area contributed by atoms with Crippen molar-refractivity contribution in [3.8, 4) is 0 Å². The number of carbonyl (C=O) groups excluding carboxylic acids is 1. The van der Waals surface area contributed by atoms with Crippen LogP contribution in [0.25, 0.3) is 0 Å². The summed E-state index contributed by atoms with van der Waals surface area (Å²) in [6, 6.07) is 0.852. The molecule has 4 nitrogen and oxygen atoms in total. The number of nitrogens with one attached hydrogen (secondary N) is 1. The summed E-state index contributed by atoms with van der Waals surface area (Å²) in [5, 5.41) is 9.91. The average Bonchev–Trinajstić information content (AvgIpc) is 2.30. The van der Waals surface area contributed by atoms with Crippen molar-refractivity contribution in [3.05, 3.63) is 29.6 Å². The predicted octanol–water partition coefficient (Wildman–Crippen LogP) is 0.717. The van der Waals surface area contributed by atoms with E-state index in [0.717, 1.165) is 12.3 Å². The van der Waals surface area contributed by atoms with Crippen molar-refractivity contribution in [1.29, 1.82) is 0 Å². The van der Waals surface area contributed by atoms with Crippen LogP contribution in [-0.2, 0) is 0 Å². The van der Waals surface area contributed by atoms with Gasteiger partial charge in [-0.2, -0.15) is 4.39 Å². The van der Waals surface area contributed by atoms with Gasteiger partial charge in [0.2, 0.25) is 5.95 Å². The highest BCUT2D eigenvalue weighted by Gasteiger charge is 2.29. The molecule has 0 aromatic carbocycles. The Morgan fingerprint density at radius 1 is 1.47 bits per heavy atom. The Balaban J connectivity index is 2.74. The molecule has 1 aromatic rings. The zero-order chi connectivity index (χ0) is 13.1. The number of amides is 1. The third-order valence-corrected chi connectivity index (χ3v) is 1.83. The standard InChI is InChI=1S/C9H8F4N2O2/c10-6-5(1-2-14-7(6)11)8(17)15-3-9(12,13)4-16/h1-2,16H,3-4H2,(H,15,17). The maximum absolute atomic E-state index is 13.0. The van der Waals surface area contributed by atoms with Gasteiger partial charge >= 0.3 is 0 Å². The summed E-state index contributed by atoms with van der Waals surface area (Å²) in [7, 11) is 0. The van der Waals surface area contributed by atoms with Crippen LogP contribution in [0.3, 0.4) is 0 Å².